The predicted octanol–water partition coefficient (Wildman–Crippen LogP) is 5.49. The van der Waals surface area contributed by atoms with Crippen LogP contribution < -0.4 is 0 Å². The van der Waals surface area contributed by atoms with E-state index in [1.807, 2.05) is 91.0 Å². The van der Waals surface area contributed by atoms with Crippen molar-refractivity contribution in [1.82, 2.24) is 19.9 Å². The van der Waals surface area contributed by atoms with E-state index in [4.69, 9.17) is 19.7 Å². The lowest BCUT2D eigenvalue weighted by Gasteiger charge is -2.26. The number of aliphatic hydroxyl groups excluding tert-OH is 2. The van der Waals surface area contributed by atoms with Gasteiger partial charge in [-0.25, -0.2) is 15.0 Å². The van der Waals surface area contributed by atoms with Crippen LogP contribution in [0.15, 0.2) is 110 Å². The molecule has 190 valence electrons. The molecule has 4 aromatic rings. The zero-order valence-corrected chi connectivity index (χ0v) is 20.8. The molecular formula is C31H28N4O3. The van der Waals surface area contributed by atoms with Gasteiger partial charge in [-0.2, -0.15) is 0 Å². The van der Waals surface area contributed by atoms with Crippen molar-refractivity contribution in [3.8, 4) is 0 Å². The van der Waals surface area contributed by atoms with Crippen LogP contribution >= 0.6 is 0 Å². The summed E-state index contributed by atoms with van der Waals surface area (Å²) in [7, 11) is 0. The van der Waals surface area contributed by atoms with E-state index in [1.54, 1.807) is 0 Å². The molecule has 38 heavy (non-hydrogen) atoms. The summed E-state index contributed by atoms with van der Waals surface area (Å²) in [5.41, 5.74) is 4.13. The van der Waals surface area contributed by atoms with E-state index >= 15 is 0 Å². The fourth-order valence-corrected chi connectivity index (χ4v) is 4.26. The smallest absolute Gasteiger partial charge is 0.167 e. The molecule has 7 nitrogen and oxygen atoms in total. The second-order valence-electron chi connectivity index (χ2n) is 8.68. The molecule has 0 amide bonds. The highest BCUT2D eigenvalue weighted by Gasteiger charge is 2.20. The zero-order chi connectivity index (χ0) is 26.2. The molecule has 1 aliphatic rings. The third kappa shape index (κ3) is 5.63. The normalized spacial score (nSPS) is 14.9. The Morgan fingerprint density at radius 3 is 1.34 bits per heavy atom. The third-order valence-corrected chi connectivity index (χ3v) is 6.23. The van der Waals surface area contributed by atoms with Gasteiger partial charge in [0.1, 0.15) is 0 Å². The van der Waals surface area contributed by atoms with Crippen molar-refractivity contribution < 1.29 is 14.9 Å². The number of nitrogens with zero attached hydrogens (tertiary/aromatic N) is 4. The summed E-state index contributed by atoms with van der Waals surface area (Å²) in [5, 5.41) is 20.6. The molecule has 2 heterocycles. The Morgan fingerprint density at radius 2 is 0.947 bits per heavy atom. The van der Waals surface area contributed by atoms with E-state index in [9.17, 15) is 10.2 Å². The number of benzene rings is 3. The SMILES string of the molecule is O/C=C(\c1ccccc1)c1nc(/C(=C/O)c2ccccc2)nc(/C(=C/N2CCOCC2)c2ccccc2)n1. The van der Waals surface area contributed by atoms with E-state index in [2.05, 4.69) is 11.1 Å². The molecule has 1 aliphatic heterocycles. The quantitative estimate of drug-likeness (QED) is 0.322. The first-order valence-corrected chi connectivity index (χ1v) is 12.4. The number of aliphatic hydroxyl groups is 2. The van der Waals surface area contributed by atoms with Crippen LogP contribution in [0.3, 0.4) is 0 Å². The topological polar surface area (TPSA) is 91.6 Å². The van der Waals surface area contributed by atoms with Gasteiger partial charge in [0.15, 0.2) is 17.5 Å². The van der Waals surface area contributed by atoms with Gasteiger partial charge in [0.05, 0.1) is 36.9 Å². The summed E-state index contributed by atoms with van der Waals surface area (Å²) in [6, 6.07) is 28.8. The fourth-order valence-electron chi connectivity index (χ4n) is 4.26. The lowest BCUT2D eigenvalue weighted by Crippen LogP contribution is -2.32. The summed E-state index contributed by atoms with van der Waals surface area (Å²) in [6.07, 6.45) is 4.07. The molecule has 2 N–H and O–H groups in total. The summed E-state index contributed by atoms with van der Waals surface area (Å²) in [4.78, 5) is 16.6. The highest BCUT2D eigenvalue weighted by atomic mass is 16.5. The minimum atomic E-state index is 0.290. The Morgan fingerprint density at radius 1 is 0.579 bits per heavy atom. The number of rotatable bonds is 7. The minimum Gasteiger partial charge on any atom is -0.515 e. The summed E-state index contributed by atoms with van der Waals surface area (Å²) < 4.78 is 5.54. The Balaban J connectivity index is 1.72. The molecular weight excluding hydrogens is 476 g/mol. The van der Waals surface area contributed by atoms with Crippen LogP contribution in [-0.4, -0.2) is 56.4 Å². The Bertz CT molecular complexity index is 1370. The van der Waals surface area contributed by atoms with Crippen molar-refractivity contribution in [2.75, 3.05) is 26.3 Å². The molecule has 0 spiro atoms. The molecule has 0 saturated carbocycles. The Kier molecular flexibility index (Phi) is 7.86. The lowest BCUT2D eigenvalue weighted by atomic mass is 10.0. The molecule has 1 aromatic heterocycles. The van der Waals surface area contributed by atoms with Crippen LogP contribution in [0, 0.1) is 0 Å². The molecule has 0 unspecified atom stereocenters. The first-order chi connectivity index (χ1) is 18.8. The molecule has 0 atom stereocenters. The van der Waals surface area contributed by atoms with Gasteiger partial charge in [0.2, 0.25) is 0 Å². The van der Waals surface area contributed by atoms with E-state index in [1.165, 1.54) is 0 Å². The minimum absolute atomic E-state index is 0.290. The molecule has 1 saturated heterocycles. The van der Waals surface area contributed by atoms with Crippen molar-refractivity contribution in [3.05, 3.63) is 144 Å². The maximum atomic E-state index is 10.3. The average Bonchev–Trinajstić information content (AvgIpc) is 2.99. The van der Waals surface area contributed by atoms with Gasteiger partial charge in [-0.1, -0.05) is 91.0 Å². The Hall–Kier alpha value is -4.75. The second-order valence-corrected chi connectivity index (χ2v) is 8.68. The summed E-state index contributed by atoms with van der Waals surface area (Å²) >= 11 is 0. The number of hydrogen-bond donors (Lipinski definition) is 2. The van der Waals surface area contributed by atoms with Crippen molar-refractivity contribution >= 4 is 16.7 Å². The van der Waals surface area contributed by atoms with Crippen molar-refractivity contribution in [2.24, 2.45) is 0 Å². The van der Waals surface area contributed by atoms with Crippen LogP contribution in [0.25, 0.3) is 16.7 Å². The summed E-state index contributed by atoms with van der Waals surface area (Å²) in [5.74, 6) is 1.00. The number of hydrogen-bond acceptors (Lipinski definition) is 7. The van der Waals surface area contributed by atoms with Crippen LogP contribution in [-0.2, 0) is 4.74 Å². The van der Waals surface area contributed by atoms with Crippen LogP contribution in [0.2, 0.25) is 0 Å². The van der Waals surface area contributed by atoms with Gasteiger partial charge in [-0.3, -0.25) is 0 Å². The largest absolute Gasteiger partial charge is 0.515 e. The van der Waals surface area contributed by atoms with Gasteiger partial charge in [0.25, 0.3) is 0 Å². The average molecular weight is 505 g/mol. The van der Waals surface area contributed by atoms with Crippen molar-refractivity contribution in [2.45, 2.75) is 0 Å². The highest BCUT2D eigenvalue weighted by molar-refractivity contribution is 5.82. The van der Waals surface area contributed by atoms with E-state index in [0.717, 1.165) is 47.9 Å². The second kappa shape index (κ2) is 12.0. The lowest BCUT2D eigenvalue weighted by molar-refractivity contribution is 0.0596. The van der Waals surface area contributed by atoms with Gasteiger partial charge in [0, 0.05) is 24.9 Å². The predicted molar refractivity (Wildman–Crippen MR) is 148 cm³/mol. The van der Waals surface area contributed by atoms with E-state index < -0.39 is 0 Å². The van der Waals surface area contributed by atoms with Crippen LogP contribution in [0.4, 0.5) is 0 Å². The third-order valence-electron chi connectivity index (χ3n) is 6.23. The van der Waals surface area contributed by atoms with E-state index in [0.29, 0.717) is 30.2 Å². The van der Waals surface area contributed by atoms with Crippen molar-refractivity contribution in [1.29, 1.82) is 0 Å². The first kappa shape index (κ1) is 24.9. The summed E-state index contributed by atoms with van der Waals surface area (Å²) in [6.45, 7) is 2.78. The number of morpholine rings is 1. The number of aromatic nitrogens is 3. The highest BCUT2D eigenvalue weighted by Crippen LogP contribution is 2.28. The van der Waals surface area contributed by atoms with Gasteiger partial charge < -0.3 is 19.8 Å². The van der Waals surface area contributed by atoms with Gasteiger partial charge in [-0.05, 0) is 16.7 Å². The maximum absolute atomic E-state index is 10.3. The fraction of sp³-hybridized carbons (Fsp3) is 0.129. The Labute approximate surface area is 221 Å². The zero-order valence-electron chi connectivity index (χ0n) is 20.8. The van der Waals surface area contributed by atoms with Crippen molar-refractivity contribution in [3.63, 3.8) is 0 Å². The van der Waals surface area contributed by atoms with E-state index in [-0.39, 0.29) is 11.6 Å². The standard InChI is InChI=1S/C31H28N4O3/c36-21-27(24-12-6-2-7-13-24)30-32-29(33-31(34-30)28(22-37)25-14-8-3-9-15-25)26(23-10-4-1-5-11-23)20-35-16-18-38-19-17-35/h1-15,20-22,36-37H,16-19H2/b26-20+,27-21+,28-22+. The molecule has 3 aromatic carbocycles. The molecule has 1 fully saturated rings. The molecule has 0 radical (unpaired) electrons. The molecule has 0 bridgehead atoms. The van der Waals surface area contributed by atoms with Crippen LogP contribution in [0.1, 0.15) is 34.2 Å². The first-order valence-electron chi connectivity index (χ1n) is 12.4. The monoisotopic (exact) mass is 504 g/mol. The maximum Gasteiger partial charge on any atom is 0.167 e. The van der Waals surface area contributed by atoms with Gasteiger partial charge in [-0.15, -0.1) is 0 Å². The van der Waals surface area contributed by atoms with Gasteiger partial charge >= 0.3 is 0 Å². The molecule has 7 heteroatoms. The molecule has 5 rings (SSSR count). The van der Waals surface area contributed by atoms with Crippen LogP contribution in [0.5, 0.6) is 0 Å². The molecule has 0 aliphatic carbocycles. The number of ether oxygens (including phenoxy) is 1.